The minimum absolute atomic E-state index is 0.102. The number of ketones is 1. The van der Waals surface area contributed by atoms with Crippen molar-refractivity contribution in [3.05, 3.63) is 58.7 Å². The van der Waals surface area contributed by atoms with Crippen LogP contribution in [0.1, 0.15) is 47.4 Å². The van der Waals surface area contributed by atoms with Crippen molar-refractivity contribution in [3.63, 3.8) is 0 Å². The van der Waals surface area contributed by atoms with E-state index in [1.807, 2.05) is 18.2 Å². The molecule has 22 heavy (non-hydrogen) atoms. The Bertz CT molecular complexity index is 760. The Morgan fingerprint density at radius 2 is 1.91 bits per heavy atom. The van der Waals surface area contributed by atoms with Crippen LogP contribution in [0, 0.1) is 19.8 Å². The molecule has 0 spiro atoms. The van der Waals surface area contributed by atoms with Crippen LogP contribution in [0.15, 0.2) is 36.4 Å². The van der Waals surface area contributed by atoms with Crippen LogP contribution in [0.4, 0.5) is 0 Å². The molecule has 1 fully saturated rings. The van der Waals surface area contributed by atoms with Crippen molar-refractivity contribution in [2.45, 2.75) is 39.0 Å². The first kappa shape index (κ1) is 13.6. The molecule has 1 saturated carbocycles. The number of hydrogen-bond donors (Lipinski definition) is 0. The molecule has 1 aliphatic carbocycles. The zero-order valence-electron chi connectivity index (χ0n) is 13.1. The summed E-state index contributed by atoms with van der Waals surface area (Å²) in [5.74, 6) is 2.50. The normalized spacial score (nSPS) is 22.9. The van der Waals surface area contributed by atoms with E-state index in [0.717, 1.165) is 30.8 Å². The van der Waals surface area contributed by atoms with E-state index in [1.54, 1.807) is 0 Å². The number of para-hydroxylation sites is 1. The lowest BCUT2D eigenvalue weighted by Gasteiger charge is -2.33. The van der Waals surface area contributed by atoms with Gasteiger partial charge in [0.1, 0.15) is 17.3 Å². The zero-order valence-corrected chi connectivity index (χ0v) is 13.1. The smallest absolute Gasteiger partial charge is 0.136 e. The third kappa shape index (κ3) is 1.98. The van der Waals surface area contributed by atoms with Crippen LogP contribution >= 0.6 is 0 Å². The zero-order chi connectivity index (χ0) is 15.3. The summed E-state index contributed by atoms with van der Waals surface area (Å²) in [7, 11) is 0. The first-order valence-electron chi connectivity index (χ1n) is 8.06. The molecule has 0 amide bonds. The van der Waals surface area contributed by atoms with Gasteiger partial charge in [0.15, 0.2) is 0 Å². The fourth-order valence-corrected chi connectivity index (χ4v) is 4.14. The van der Waals surface area contributed by atoms with Crippen LogP contribution in [0.5, 0.6) is 11.5 Å². The van der Waals surface area contributed by atoms with Gasteiger partial charge in [-0.15, -0.1) is 0 Å². The number of carbonyl (C=O) groups excluding carboxylic acids is 1. The monoisotopic (exact) mass is 292 g/mol. The second-order valence-electron chi connectivity index (χ2n) is 6.58. The molecule has 2 unspecified atom stereocenters. The van der Waals surface area contributed by atoms with E-state index in [9.17, 15) is 4.79 Å². The standard InChI is InChI=1S/C20H20O2/c1-12-10-13(2)19-18(11-12)22-17-9-4-3-6-15(17)20(19)14-7-5-8-16(14)21/h3-4,6,9-11,14,20H,5,7-8H2,1-2H3. The van der Waals surface area contributed by atoms with Crippen LogP contribution in [-0.2, 0) is 4.79 Å². The number of Topliss-reactive ketones (excluding diaryl/α,β-unsaturated/α-hetero) is 1. The summed E-state index contributed by atoms with van der Waals surface area (Å²) in [4.78, 5) is 12.4. The third-order valence-corrected chi connectivity index (χ3v) is 5.03. The summed E-state index contributed by atoms with van der Waals surface area (Å²) in [5, 5.41) is 0. The largest absolute Gasteiger partial charge is 0.457 e. The number of fused-ring (bicyclic) bond motifs is 2. The molecule has 2 aliphatic rings. The highest BCUT2D eigenvalue weighted by molar-refractivity contribution is 5.85. The van der Waals surface area contributed by atoms with Gasteiger partial charge in [-0.25, -0.2) is 0 Å². The second-order valence-corrected chi connectivity index (χ2v) is 6.58. The topological polar surface area (TPSA) is 26.3 Å². The predicted molar refractivity (Wildman–Crippen MR) is 86.6 cm³/mol. The summed E-state index contributed by atoms with van der Waals surface area (Å²) in [6.45, 7) is 4.22. The number of carbonyl (C=O) groups is 1. The van der Waals surface area contributed by atoms with E-state index in [-0.39, 0.29) is 11.8 Å². The quantitative estimate of drug-likeness (QED) is 0.746. The molecule has 1 heterocycles. The molecule has 0 saturated heterocycles. The summed E-state index contributed by atoms with van der Waals surface area (Å²) in [5.41, 5.74) is 4.81. The predicted octanol–water partition coefficient (Wildman–Crippen LogP) is 4.91. The Morgan fingerprint density at radius 3 is 2.68 bits per heavy atom. The van der Waals surface area contributed by atoms with Crippen molar-refractivity contribution in [2.75, 3.05) is 0 Å². The average Bonchev–Trinajstić information content (AvgIpc) is 2.90. The summed E-state index contributed by atoms with van der Waals surface area (Å²) < 4.78 is 6.15. The first-order valence-corrected chi connectivity index (χ1v) is 8.06. The number of benzene rings is 2. The van der Waals surface area contributed by atoms with Crippen LogP contribution < -0.4 is 4.74 Å². The number of hydrogen-bond acceptors (Lipinski definition) is 2. The van der Waals surface area contributed by atoms with E-state index in [0.29, 0.717) is 5.78 Å². The molecule has 0 radical (unpaired) electrons. The molecule has 2 nitrogen and oxygen atoms in total. The Kier molecular flexibility index (Phi) is 3.07. The molecular formula is C20H20O2. The maximum atomic E-state index is 12.4. The number of ether oxygens (including phenoxy) is 1. The lowest BCUT2D eigenvalue weighted by molar-refractivity contribution is -0.121. The SMILES string of the molecule is Cc1cc(C)c2c(c1)Oc1ccccc1C2C1CCCC1=O. The molecule has 112 valence electrons. The molecule has 2 aromatic rings. The van der Waals surface area contributed by atoms with E-state index in [2.05, 4.69) is 32.0 Å². The maximum Gasteiger partial charge on any atom is 0.136 e. The molecule has 2 heteroatoms. The van der Waals surface area contributed by atoms with Gasteiger partial charge in [0, 0.05) is 29.4 Å². The molecule has 2 aromatic carbocycles. The highest BCUT2D eigenvalue weighted by Crippen LogP contribution is 2.51. The summed E-state index contributed by atoms with van der Waals surface area (Å²) in [6.07, 6.45) is 2.73. The minimum atomic E-state index is 0.102. The van der Waals surface area contributed by atoms with Crippen molar-refractivity contribution in [1.29, 1.82) is 0 Å². The Labute approximate surface area is 131 Å². The van der Waals surface area contributed by atoms with Crippen LogP contribution in [0.3, 0.4) is 0 Å². The fourth-order valence-electron chi connectivity index (χ4n) is 4.14. The molecule has 1 aliphatic heterocycles. The summed E-state index contributed by atoms with van der Waals surface area (Å²) >= 11 is 0. The van der Waals surface area contributed by atoms with Gasteiger partial charge in [0.2, 0.25) is 0 Å². The van der Waals surface area contributed by atoms with Crippen molar-refractivity contribution >= 4 is 5.78 Å². The minimum Gasteiger partial charge on any atom is -0.457 e. The summed E-state index contributed by atoms with van der Waals surface area (Å²) in [6, 6.07) is 12.5. The van der Waals surface area contributed by atoms with Gasteiger partial charge in [-0.1, -0.05) is 24.3 Å². The molecule has 0 aromatic heterocycles. The van der Waals surface area contributed by atoms with Crippen molar-refractivity contribution in [2.24, 2.45) is 5.92 Å². The van der Waals surface area contributed by atoms with E-state index >= 15 is 0 Å². The Balaban J connectivity index is 1.95. The van der Waals surface area contributed by atoms with Gasteiger partial charge >= 0.3 is 0 Å². The first-order chi connectivity index (χ1) is 10.6. The van der Waals surface area contributed by atoms with Crippen molar-refractivity contribution in [3.8, 4) is 11.5 Å². The number of rotatable bonds is 1. The van der Waals surface area contributed by atoms with E-state index < -0.39 is 0 Å². The van der Waals surface area contributed by atoms with Gasteiger partial charge in [-0.3, -0.25) is 4.79 Å². The molecule has 0 bridgehead atoms. The molecule has 0 N–H and O–H groups in total. The molecule has 4 rings (SSSR count). The highest BCUT2D eigenvalue weighted by atomic mass is 16.5. The van der Waals surface area contributed by atoms with Gasteiger partial charge in [0.25, 0.3) is 0 Å². The van der Waals surface area contributed by atoms with Gasteiger partial charge in [-0.05, 0) is 49.9 Å². The fraction of sp³-hybridized carbons (Fsp3) is 0.350. The van der Waals surface area contributed by atoms with Gasteiger partial charge in [0.05, 0.1) is 0 Å². The van der Waals surface area contributed by atoms with Crippen LogP contribution in [-0.4, -0.2) is 5.78 Å². The second kappa shape index (κ2) is 4.98. The highest BCUT2D eigenvalue weighted by Gasteiger charge is 2.39. The third-order valence-electron chi connectivity index (χ3n) is 5.03. The number of aryl methyl sites for hydroxylation is 2. The Hall–Kier alpha value is -2.09. The van der Waals surface area contributed by atoms with Crippen molar-refractivity contribution < 1.29 is 9.53 Å². The average molecular weight is 292 g/mol. The van der Waals surface area contributed by atoms with Gasteiger partial charge in [-0.2, -0.15) is 0 Å². The molecular weight excluding hydrogens is 272 g/mol. The molecule has 2 atom stereocenters. The van der Waals surface area contributed by atoms with E-state index in [4.69, 9.17) is 4.74 Å². The van der Waals surface area contributed by atoms with Gasteiger partial charge < -0.3 is 4.74 Å². The van der Waals surface area contributed by atoms with Crippen LogP contribution in [0.2, 0.25) is 0 Å². The van der Waals surface area contributed by atoms with Crippen molar-refractivity contribution in [1.82, 2.24) is 0 Å². The maximum absolute atomic E-state index is 12.4. The lowest BCUT2D eigenvalue weighted by atomic mass is 9.75. The lowest BCUT2D eigenvalue weighted by Crippen LogP contribution is -2.23. The van der Waals surface area contributed by atoms with E-state index in [1.165, 1.54) is 22.3 Å². The Morgan fingerprint density at radius 1 is 1.09 bits per heavy atom. The van der Waals surface area contributed by atoms with Crippen LogP contribution in [0.25, 0.3) is 0 Å².